The number of likely N-dealkylation sites (N-methyl/N-ethyl adjacent to an activating group) is 1. The number of halogens is 4. The molecular weight excluding hydrogens is 379 g/mol. The van der Waals surface area contributed by atoms with Crippen molar-refractivity contribution < 1.29 is 18.0 Å². The fourth-order valence-electron chi connectivity index (χ4n) is 3.48. The maximum Gasteiger partial charge on any atom is 0.433 e. The molecule has 1 fully saturated rings. The van der Waals surface area contributed by atoms with E-state index in [0.29, 0.717) is 6.54 Å². The van der Waals surface area contributed by atoms with E-state index in [0.717, 1.165) is 37.1 Å². The summed E-state index contributed by atoms with van der Waals surface area (Å²) in [5, 5.41) is 2.54. The number of likely N-dealkylation sites (tertiary alicyclic amines) is 1. The fraction of sp³-hybridized carbons (Fsp3) is 0.368. The van der Waals surface area contributed by atoms with Crippen molar-refractivity contribution in [1.29, 1.82) is 0 Å². The molecule has 1 unspecified atom stereocenters. The van der Waals surface area contributed by atoms with Crippen molar-refractivity contribution in [2.75, 3.05) is 20.1 Å². The number of carbonyl (C=O) groups excluding carboxylic acids is 1. The van der Waals surface area contributed by atoms with Crippen molar-refractivity contribution in [2.24, 2.45) is 0 Å². The summed E-state index contributed by atoms with van der Waals surface area (Å²) in [5.41, 5.74) is -0.898. The highest BCUT2D eigenvalue weighted by Crippen LogP contribution is 2.33. The Morgan fingerprint density at radius 1 is 1.22 bits per heavy atom. The summed E-state index contributed by atoms with van der Waals surface area (Å²) in [4.78, 5) is 18.3. The quantitative estimate of drug-likeness (QED) is 0.793. The summed E-state index contributed by atoms with van der Waals surface area (Å²) in [6, 6.07) is 11.4. The van der Waals surface area contributed by atoms with Gasteiger partial charge in [0.1, 0.15) is 10.8 Å². The largest absolute Gasteiger partial charge is 0.433 e. The molecule has 1 atom stereocenters. The minimum atomic E-state index is -4.62. The highest BCUT2D eigenvalue weighted by Gasteiger charge is 2.38. The van der Waals surface area contributed by atoms with E-state index in [9.17, 15) is 18.0 Å². The van der Waals surface area contributed by atoms with Crippen LogP contribution in [0.15, 0.2) is 42.5 Å². The third-order valence-electron chi connectivity index (χ3n) is 4.75. The number of hydrogen-bond donors (Lipinski definition) is 1. The van der Waals surface area contributed by atoms with Crippen molar-refractivity contribution in [3.05, 3.63) is 64.4 Å². The summed E-state index contributed by atoms with van der Waals surface area (Å²) in [5.74, 6) is -0.541. The molecule has 0 spiro atoms. The summed E-state index contributed by atoms with van der Waals surface area (Å²) in [7, 11) is 1.97. The summed E-state index contributed by atoms with van der Waals surface area (Å²) < 4.78 is 38.3. The number of aromatic nitrogens is 1. The van der Waals surface area contributed by atoms with E-state index in [1.807, 2.05) is 37.4 Å². The second-order valence-electron chi connectivity index (χ2n) is 6.78. The highest BCUT2D eigenvalue weighted by molar-refractivity contribution is 6.32. The Hall–Kier alpha value is -2.12. The number of nitrogens with one attached hydrogen (secondary N) is 1. The van der Waals surface area contributed by atoms with Crippen LogP contribution in [0.5, 0.6) is 0 Å². The van der Waals surface area contributed by atoms with Crippen molar-refractivity contribution >= 4 is 17.5 Å². The van der Waals surface area contributed by atoms with E-state index in [-0.39, 0.29) is 5.56 Å². The molecule has 8 heteroatoms. The van der Waals surface area contributed by atoms with Crippen LogP contribution in [0.1, 0.15) is 34.5 Å². The third-order valence-corrected chi connectivity index (χ3v) is 5.03. The van der Waals surface area contributed by atoms with Gasteiger partial charge < -0.3 is 10.2 Å². The smallest absolute Gasteiger partial charge is 0.341 e. The molecule has 4 nitrogen and oxygen atoms in total. The summed E-state index contributed by atoms with van der Waals surface area (Å²) in [6.45, 7) is 1.50. The SMILES string of the molecule is CN1CCCC(NC(=O)c2ccc(C(F)(F)F)nc2Cl)(c2ccccc2)C1. The molecule has 0 aliphatic carbocycles. The van der Waals surface area contributed by atoms with Gasteiger partial charge in [-0.05, 0) is 44.1 Å². The molecule has 3 rings (SSSR count). The van der Waals surface area contributed by atoms with E-state index in [2.05, 4.69) is 15.2 Å². The Labute approximate surface area is 160 Å². The second kappa shape index (κ2) is 7.48. The van der Waals surface area contributed by atoms with Gasteiger partial charge in [0, 0.05) is 6.54 Å². The van der Waals surface area contributed by atoms with Gasteiger partial charge in [0.05, 0.1) is 11.1 Å². The lowest BCUT2D eigenvalue weighted by Crippen LogP contribution is -2.55. The zero-order valence-corrected chi connectivity index (χ0v) is 15.4. The highest BCUT2D eigenvalue weighted by atomic mass is 35.5. The zero-order valence-electron chi connectivity index (χ0n) is 14.7. The molecule has 1 N–H and O–H groups in total. The topological polar surface area (TPSA) is 45.2 Å². The van der Waals surface area contributed by atoms with E-state index < -0.39 is 28.5 Å². The lowest BCUT2D eigenvalue weighted by atomic mass is 9.82. The van der Waals surface area contributed by atoms with Crippen molar-refractivity contribution in [3.63, 3.8) is 0 Å². The van der Waals surface area contributed by atoms with Gasteiger partial charge in [-0.15, -0.1) is 0 Å². The Bertz CT molecular complexity index is 829. The Kier molecular flexibility index (Phi) is 5.44. The predicted molar refractivity (Wildman–Crippen MR) is 96.6 cm³/mol. The first-order chi connectivity index (χ1) is 12.7. The first-order valence-electron chi connectivity index (χ1n) is 8.52. The molecular formula is C19H19ClF3N3O. The van der Waals surface area contributed by atoms with Crippen LogP contribution in [0.4, 0.5) is 13.2 Å². The number of pyridine rings is 1. The molecule has 2 aromatic rings. The molecule has 27 heavy (non-hydrogen) atoms. The number of rotatable bonds is 3. The predicted octanol–water partition coefficient (Wildman–Crippen LogP) is 4.10. The van der Waals surface area contributed by atoms with Crippen molar-refractivity contribution in [1.82, 2.24) is 15.2 Å². The van der Waals surface area contributed by atoms with Crippen LogP contribution >= 0.6 is 11.6 Å². The molecule has 144 valence electrons. The van der Waals surface area contributed by atoms with E-state index in [1.165, 1.54) is 0 Å². The fourth-order valence-corrected chi connectivity index (χ4v) is 3.72. The molecule has 1 aromatic carbocycles. The van der Waals surface area contributed by atoms with Gasteiger partial charge >= 0.3 is 6.18 Å². The van der Waals surface area contributed by atoms with Crippen LogP contribution in [0, 0.1) is 0 Å². The van der Waals surface area contributed by atoms with Gasteiger partial charge in [-0.3, -0.25) is 4.79 Å². The van der Waals surface area contributed by atoms with Crippen LogP contribution in [0.25, 0.3) is 0 Å². The minimum absolute atomic E-state index is 0.0757. The first kappa shape index (κ1) is 19.6. The lowest BCUT2D eigenvalue weighted by molar-refractivity contribution is -0.141. The number of alkyl halides is 3. The number of amides is 1. The van der Waals surface area contributed by atoms with Gasteiger partial charge in [-0.1, -0.05) is 41.9 Å². The van der Waals surface area contributed by atoms with Crippen molar-refractivity contribution in [3.8, 4) is 0 Å². The zero-order chi connectivity index (χ0) is 19.7. The van der Waals surface area contributed by atoms with Gasteiger partial charge in [0.2, 0.25) is 0 Å². The van der Waals surface area contributed by atoms with Gasteiger partial charge in [-0.25, -0.2) is 4.98 Å². The average Bonchev–Trinajstić information content (AvgIpc) is 2.61. The number of piperidine rings is 1. The molecule has 1 saturated heterocycles. The van der Waals surface area contributed by atoms with E-state index in [1.54, 1.807) is 0 Å². The van der Waals surface area contributed by atoms with Crippen LogP contribution < -0.4 is 5.32 Å². The molecule has 0 bridgehead atoms. The maximum absolute atomic E-state index is 12.8. The third kappa shape index (κ3) is 4.25. The van der Waals surface area contributed by atoms with Crippen LogP contribution in [0.2, 0.25) is 5.15 Å². The Morgan fingerprint density at radius 2 is 1.93 bits per heavy atom. The number of carbonyl (C=O) groups is 1. The minimum Gasteiger partial charge on any atom is -0.341 e. The average molecular weight is 398 g/mol. The molecule has 1 aliphatic rings. The molecule has 1 amide bonds. The lowest BCUT2D eigenvalue weighted by Gasteiger charge is -2.42. The van der Waals surface area contributed by atoms with Crippen molar-refractivity contribution in [2.45, 2.75) is 24.6 Å². The van der Waals surface area contributed by atoms with Gasteiger partial charge in [0.15, 0.2) is 0 Å². The summed E-state index contributed by atoms with van der Waals surface area (Å²) in [6.07, 6.45) is -3.01. The number of benzene rings is 1. The number of hydrogen-bond acceptors (Lipinski definition) is 3. The van der Waals surface area contributed by atoms with E-state index in [4.69, 9.17) is 11.6 Å². The van der Waals surface area contributed by atoms with Gasteiger partial charge in [-0.2, -0.15) is 13.2 Å². The first-order valence-corrected chi connectivity index (χ1v) is 8.89. The van der Waals surface area contributed by atoms with Crippen LogP contribution in [-0.4, -0.2) is 35.9 Å². The molecule has 0 radical (unpaired) electrons. The van der Waals surface area contributed by atoms with Crippen LogP contribution in [0.3, 0.4) is 0 Å². The second-order valence-corrected chi connectivity index (χ2v) is 7.13. The molecule has 0 saturated carbocycles. The maximum atomic E-state index is 12.8. The monoisotopic (exact) mass is 397 g/mol. The molecule has 2 heterocycles. The molecule has 1 aliphatic heterocycles. The number of nitrogens with zero attached hydrogens (tertiary/aromatic N) is 2. The van der Waals surface area contributed by atoms with Gasteiger partial charge in [0.25, 0.3) is 5.91 Å². The van der Waals surface area contributed by atoms with Crippen LogP contribution in [-0.2, 0) is 11.7 Å². The summed E-state index contributed by atoms with van der Waals surface area (Å²) >= 11 is 5.89. The standard InChI is InChI=1S/C19H19ClF3N3O/c1-26-11-5-10-18(12-26,13-6-3-2-4-7-13)25-17(27)14-8-9-15(19(21,22)23)24-16(14)20/h2-4,6-9H,5,10-12H2,1H3,(H,25,27). The Balaban J connectivity index is 1.92. The van der Waals surface area contributed by atoms with E-state index >= 15 is 0 Å². The Morgan fingerprint density at radius 3 is 2.52 bits per heavy atom. The molecule has 1 aromatic heterocycles. The normalized spacial score (nSPS) is 21.1.